The maximum absolute atomic E-state index is 12.8. The number of aromatic nitrogens is 2. The Kier molecular flexibility index (Phi) is 5.70. The largest absolute Gasteiger partial charge is 0.497 e. The molecule has 0 radical (unpaired) electrons. The molecule has 1 aromatic carbocycles. The van der Waals surface area contributed by atoms with Crippen LogP contribution in [0.25, 0.3) is 0 Å². The van der Waals surface area contributed by atoms with Gasteiger partial charge in [-0.2, -0.15) is 5.10 Å². The van der Waals surface area contributed by atoms with Crippen LogP contribution in [0.15, 0.2) is 24.3 Å². The number of nitrogens with zero attached hydrogens (tertiary/aromatic N) is 3. The second-order valence-electron chi connectivity index (χ2n) is 7.23. The van der Waals surface area contributed by atoms with Crippen molar-refractivity contribution < 1.29 is 14.4 Å². The highest BCUT2D eigenvalue weighted by Gasteiger charge is 2.30. The molecule has 1 aromatic heterocycles. The summed E-state index contributed by atoms with van der Waals surface area (Å²) in [5.41, 5.74) is 3.84. The van der Waals surface area contributed by atoms with Crippen molar-refractivity contribution in [2.24, 2.45) is 7.05 Å². The zero-order valence-electron chi connectivity index (χ0n) is 16.9. The van der Waals surface area contributed by atoms with Gasteiger partial charge < -0.3 is 19.9 Å². The highest BCUT2D eigenvalue weighted by Crippen LogP contribution is 2.21. The minimum atomic E-state index is -0.100. The molecule has 0 saturated carbocycles. The van der Waals surface area contributed by atoms with Crippen LogP contribution in [0.2, 0.25) is 0 Å². The van der Waals surface area contributed by atoms with Crippen molar-refractivity contribution in [2.75, 3.05) is 43.5 Å². The van der Waals surface area contributed by atoms with Crippen molar-refractivity contribution in [1.82, 2.24) is 9.78 Å². The first-order valence-corrected chi connectivity index (χ1v) is 9.45. The molecule has 0 unspecified atom stereocenters. The lowest BCUT2D eigenvalue weighted by Crippen LogP contribution is -3.19. The summed E-state index contributed by atoms with van der Waals surface area (Å²) < 4.78 is 7.12. The van der Waals surface area contributed by atoms with E-state index in [9.17, 15) is 4.79 Å². The third kappa shape index (κ3) is 4.08. The quantitative estimate of drug-likeness (QED) is 0.814. The molecule has 1 amide bonds. The third-order valence-electron chi connectivity index (χ3n) is 5.59. The van der Waals surface area contributed by atoms with Crippen molar-refractivity contribution in [1.29, 1.82) is 0 Å². The number of carbonyl (C=O) groups excluding carboxylic acids is 1. The van der Waals surface area contributed by atoms with E-state index in [1.807, 2.05) is 40.0 Å². The fraction of sp³-hybridized carbons (Fsp3) is 0.500. The van der Waals surface area contributed by atoms with Gasteiger partial charge in [-0.15, -0.1) is 0 Å². The monoisotopic (exact) mass is 372 g/mol. The van der Waals surface area contributed by atoms with Gasteiger partial charge in [0.25, 0.3) is 5.91 Å². The SMILES string of the molecule is COc1cccc(N2CC[NH+]([C@H](C)C(=O)Nc3c(C)nn(C)c3C)CC2)c1. The molecule has 7 nitrogen and oxygen atoms in total. The predicted octanol–water partition coefficient (Wildman–Crippen LogP) is 0.778. The normalized spacial score (nSPS) is 16.3. The van der Waals surface area contributed by atoms with E-state index in [4.69, 9.17) is 4.74 Å². The number of hydrogen-bond acceptors (Lipinski definition) is 4. The molecule has 0 spiro atoms. The molecule has 7 heteroatoms. The average Bonchev–Trinajstić information content (AvgIpc) is 2.93. The molecule has 146 valence electrons. The number of piperazine rings is 1. The summed E-state index contributed by atoms with van der Waals surface area (Å²) in [7, 11) is 3.58. The number of amides is 1. The van der Waals surface area contributed by atoms with Gasteiger partial charge in [-0.1, -0.05) is 6.07 Å². The first-order valence-electron chi connectivity index (χ1n) is 9.45. The second kappa shape index (κ2) is 8.00. The third-order valence-corrected chi connectivity index (χ3v) is 5.59. The Labute approximate surface area is 160 Å². The van der Waals surface area contributed by atoms with Gasteiger partial charge in [0, 0.05) is 18.8 Å². The molecular weight excluding hydrogens is 342 g/mol. The summed E-state index contributed by atoms with van der Waals surface area (Å²) >= 11 is 0. The van der Waals surface area contributed by atoms with E-state index in [0.717, 1.165) is 49.0 Å². The molecular formula is C20H30N5O2+. The number of quaternary nitrogens is 1. The number of anilines is 2. The summed E-state index contributed by atoms with van der Waals surface area (Å²) in [5, 5.41) is 7.45. The van der Waals surface area contributed by atoms with Crippen molar-refractivity contribution in [3.8, 4) is 5.75 Å². The number of hydrogen-bond donors (Lipinski definition) is 2. The highest BCUT2D eigenvalue weighted by atomic mass is 16.5. The Bertz CT molecular complexity index is 809. The van der Waals surface area contributed by atoms with Gasteiger partial charge in [0.1, 0.15) is 5.75 Å². The van der Waals surface area contributed by atoms with E-state index < -0.39 is 0 Å². The number of rotatable bonds is 5. The lowest BCUT2D eigenvalue weighted by atomic mass is 10.2. The summed E-state index contributed by atoms with van der Waals surface area (Å²) in [6.45, 7) is 9.60. The van der Waals surface area contributed by atoms with Crippen molar-refractivity contribution >= 4 is 17.3 Å². The molecule has 27 heavy (non-hydrogen) atoms. The minimum Gasteiger partial charge on any atom is -0.497 e. The maximum atomic E-state index is 12.8. The van der Waals surface area contributed by atoms with Crippen LogP contribution in [0, 0.1) is 13.8 Å². The van der Waals surface area contributed by atoms with Gasteiger partial charge >= 0.3 is 0 Å². The number of benzene rings is 1. The van der Waals surface area contributed by atoms with E-state index in [2.05, 4.69) is 27.4 Å². The molecule has 3 rings (SSSR count). The Morgan fingerprint density at radius 3 is 2.59 bits per heavy atom. The fourth-order valence-corrected chi connectivity index (χ4v) is 3.66. The molecule has 1 fully saturated rings. The van der Waals surface area contributed by atoms with Gasteiger partial charge in [0.05, 0.1) is 50.4 Å². The van der Waals surface area contributed by atoms with Crippen molar-refractivity contribution in [2.45, 2.75) is 26.8 Å². The van der Waals surface area contributed by atoms with Crippen LogP contribution in [-0.2, 0) is 11.8 Å². The summed E-state index contributed by atoms with van der Waals surface area (Å²) in [6, 6.07) is 8.05. The number of methoxy groups -OCH3 is 1. The average molecular weight is 372 g/mol. The predicted molar refractivity (Wildman–Crippen MR) is 107 cm³/mol. The van der Waals surface area contributed by atoms with Crippen LogP contribution >= 0.6 is 0 Å². The molecule has 1 atom stereocenters. The molecule has 1 aliphatic rings. The first kappa shape index (κ1) is 19.2. The van der Waals surface area contributed by atoms with Gasteiger partial charge in [0.15, 0.2) is 6.04 Å². The van der Waals surface area contributed by atoms with Crippen LogP contribution < -0.4 is 19.9 Å². The van der Waals surface area contributed by atoms with E-state index >= 15 is 0 Å². The molecule has 2 heterocycles. The molecule has 0 aliphatic carbocycles. The van der Waals surface area contributed by atoms with Crippen LogP contribution in [0.3, 0.4) is 0 Å². The Hall–Kier alpha value is -2.54. The Morgan fingerprint density at radius 2 is 2.00 bits per heavy atom. The molecule has 1 saturated heterocycles. The van der Waals surface area contributed by atoms with Gasteiger partial charge in [0.2, 0.25) is 0 Å². The fourth-order valence-electron chi connectivity index (χ4n) is 3.66. The lowest BCUT2D eigenvalue weighted by molar-refractivity contribution is -0.914. The zero-order valence-corrected chi connectivity index (χ0v) is 16.9. The van der Waals surface area contributed by atoms with Crippen LogP contribution in [0.1, 0.15) is 18.3 Å². The Balaban J connectivity index is 1.59. The van der Waals surface area contributed by atoms with Crippen LogP contribution in [0.5, 0.6) is 5.75 Å². The second-order valence-corrected chi connectivity index (χ2v) is 7.23. The van der Waals surface area contributed by atoms with Gasteiger partial charge in [-0.25, -0.2) is 0 Å². The molecule has 0 bridgehead atoms. The molecule has 2 aromatic rings. The maximum Gasteiger partial charge on any atom is 0.282 e. The number of aryl methyl sites for hydroxylation is 2. The van der Waals surface area contributed by atoms with E-state index in [-0.39, 0.29) is 11.9 Å². The van der Waals surface area contributed by atoms with E-state index in [0.29, 0.717) is 0 Å². The standard InChI is InChI=1S/C20H29N5O2/c1-14-19(15(2)23(4)22-14)21-20(26)16(3)24-9-11-25(12-10-24)17-7-6-8-18(13-17)27-5/h6-8,13,16H,9-12H2,1-5H3,(H,21,26)/p+1/t16-/m1/s1. The zero-order chi connectivity index (χ0) is 19.6. The lowest BCUT2D eigenvalue weighted by Gasteiger charge is -2.36. The summed E-state index contributed by atoms with van der Waals surface area (Å²) in [4.78, 5) is 16.4. The summed E-state index contributed by atoms with van der Waals surface area (Å²) in [6.07, 6.45) is 0. The van der Waals surface area contributed by atoms with Crippen molar-refractivity contribution in [3.63, 3.8) is 0 Å². The topological polar surface area (TPSA) is 63.8 Å². The van der Waals surface area contributed by atoms with E-state index in [1.165, 1.54) is 10.6 Å². The smallest absolute Gasteiger partial charge is 0.282 e. The van der Waals surface area contributed by atoms with Crippen LogP contribution in [0.4, 0.5) is 11.4 Å². The van der Waals surface area contributed by atoms with Gasteiger partial charge in [-0.3, -0.25) is 9.48 Å². The van der Waals surface area contributed by atoms with Gasteiger partial charge in [-0.05, 0) is 32.9 Å². The summed E-state index contributed by atoms with van der Waals surface area (Å²) in [5.74, 6) is 0.927. The minimum absolute atomic E-state index is 0.0547. The number of nitrogens with one attached hydrogen (secondary N) is 2. The van der Waals surface area contributed by atoms with Crippen molar-refractivity contribution in [3.05, 3.63) is 35.7 Å². The first-order chi connectivity index (χ1) is 12.9. The number of ether oxygens (including phenoxy) is 1. The molecule has 1 aliphatic heterocycles. The Morgan fingerprint density at radius 1 is 1.30 bits per heavy atom. The highest BCUT2D eigenvalue weighted by molar-refractivity contribution is 5.94. The number of carbonyl (C=O) groups is 1. The van der Waals surface area contributed by atoms with E-state index in [1.54, 1.807) is 11.8 Å². The van der Waals surface area contributed by atoms with Crippen LogP contribution in [-0.4, -0.2) is 55.0 Å². The molecule has 2 N–H and O–H groups in total.